The Morgan fingerprint density at radius 1 is 1.52 bits per heavy atom. The summed E-state index contributed by atoms with van der Waals surface area (Å²) >= 11 is 10.7. The number of nitrogens with one attached hydrogen (secondary N) is 1. The van der Waals surface area contributed by atoms with E-state index in [2.05, 4.69) is 47.1 Å². The lowest BCUT2D eigenvalue weighted by Gasteiger charge is -2.41. The zero-order valence-corrected chi connectivity index (χ0v) is 15.9. The zero-order valence-electron chi connectivity index (χ0n) is 12.2. The minimum atomic E-state index is 0.132. The quantitative estimate of drug-likeness (QED) is 0.703. The average molecular weight is 438 g/mol. The summed E-state index contributed by atoms with van der Waals surface area (Å²) in [5.74, 6) is 3.02. The van der Waals surface area contributed by atoms with E-state index in [1.807, 2.05) is 17.8 Å². The van der Waals surface area contributed by atoms with Gasteiger partial charge >= 0.3 is 0 Å². The molecular formula is C16H21ClINOS. The van der Waals surface area contributed by atoms with Crippen molar-refractivity contribution in [2.75, 3.05) is 25.2 Å². The number of halogens is 2. The fraction of sp³-hybridized carbons (Fsp3) is 0.625. The number of rotatable bonds is 3. The second kappa shape index (κ2) is 6.95. The van der Waals surface area contributed by atoms with Crippen molar-refractivity contribution in [3.8, 4) is 0 Å². The molecular weight excluding hydrogens is 417 g/mol. The number of benzene rings is 1. The lowest BCUT2D eigenvalue weighted by Crippen LogP contribution is -2.43. The molecule has 1 spiro atoms. The van der Waals surface area contributed by atoms with Gasteiger partial charge in [-0.1, -0.05) is 11.6 Å². The topological polar surface area (TPSA) is 21.3 Å². The number of hydrogen-bond acceptors (Lipinski definition) is 3. The highest BCUT2D eigenvalue weighted by Gasteiger charge is 2.42. The molecule has 1 N–H and O–H groups in total. The van der Waals surface area contributed by atoms with Gasteiger partial charge in [0.05, 0.1) is 5.60 Å². The Bertz CT molecular complexity index is 507. The third-order valence-corrected chi connectivity index (χ3v) is 7.11. The number of ether oxygens (including phenoxy) is 1. The summed E-state index contributed by atoms with van der Waals surface area (Å²) in [7, 11) is 2.06. The molecule has 2 aliphatic rings. The van der Waals surface area contributed by atoms with Crippen molar-refractivity contribution < 1.29 is 4.74 Å². The molecule has 0 radical (unpaired) electrons. The molecule has 2 nitrogen and oxygen atoms in total. The maximum atomic E-state index is 6.22. The van der Waals surface area contributed by atoms with Crippen LogP contribution in [-0.2, 0) is 4.74 Å². The van der Waals surface area contributed by atoms with Crippen molar-refractivity contribution in [2.45, 2.75) is 30.9 Å². The Morgan fingerprint density at radius 2 is 2.38 bits per heavy atom. The third kappa shape index (κ3) is 3.55. The van der Waals surface area contributed by atoms with Gasteiger partial charge in [0.15, 0.2) is 0 Å². The Labute approximate surface area is 149 Å². The molecule has 3 atom stereocenters. The van der Waals surface area contributed by atoms with Crippen LogP contribution in [0.5, 0.6) is 0 Å². The molecule has 2 saturated heterocycles. The van der Waals surface area contributed by atoms with E-state index in [1.54, 1.807) is 0 Å². The van der Waals surface area contributed by atoms with Gasteiger partial charge in [0.2, 0.25) is 0 Å². The summed E-state index contributed by atoms with van der Waals surface area (Å²) in [6, 6.07) is 6.57. The molecule has 2 aliphatic heterocycles. The summed E-state index contributed by atoms with van der Waals surface area (Å²) in [6.07, 6.45) is 3.49. The van der Waals surface area contributed by atoms with Crippen LogP contribution in [0.15, 0.2) is 18.2 Å². The third-order valence-electron chi connectivity index (χ3n) is 4.67. The van der Waals surface area contributed by atoms with Crippen LogP contribution in [-0.4, -0.2) is 30.8 Å². The van der Waals surface area contributed by atoms with Crippen LogP contribution in [0.3, 0.4) is 0 Å². The van der Waals surface area contributed by atoms with Crippen LogP contribution < -0.4 is 5.32 Å². The van der Waals surface area contributed by atoms with Crippen LogP contribution in [0.2, 0.25) is 5.02 Å². The summed E-state index contributed by atoms with van der Waals surface area (Å²) in [4.78, 5) is 0. The van der Waals surface area contributed by atoms with Gasteiger partial charge < -0.3 is 10.1 Å². The Morgan fingerprint density at radius 3 is 3.10 bits per heavy atom. The van der Waals surface area contributed by atoms with Crippen molar-refractivity contribution in [3.05, 3.63) is 32.4 Å². The lowest BCUT2D eigenvalue weighted by molar-refractivity contribution is -0.0851. The molecule has 2 fully saturated rings. The first-order valence-corrected chi connectivity index (χ1v) is 10.1. The van der Waals surface area contributed by atoms with Gasteiger partial charge in [0, 0.05) is 27.0 Å². The van der Waals surface area contributed by atoms with E-state index >= 15 is 0 Å². The molecule has 3 rings (SSSR count). The molecule has 0 amide bonds. The van der Waals surface area contributed by atoms with Gasteiger partial charge in [-0.05, 0) is 84.3 Å². The van der Waals surface area contributed by atoms with Gasteiger partial charge in [0.25, 0.3) is 0 Å². The molecule has 1 aromatic rings. The highest BCUT2D eigenvalue weighted by Crippen LogP contribution is 2.44. The summed E-state index contributed by atoms with van der Waals surface area (Å²) in [5.41, 5.74) is 1.46. The van der Waals surface area contributed by atoms with Gasteiger partial charge in [-0.15, -0.1) is 0 Å². The number of hydrogen-bond donors (Lipinski definition) is 1. The standard InChI is InChI=1S/C16H21ClINOS/c1-19-15(13-8-12(17)2-3-14(13)18)11-4-6-20-16(9-11)5-7-21-10-16/h2-3,8,11,15,19H,4-7,9-10H2,1H3. The highest BCUT2D eigenvalue weighted by molar-refractivity contribution is 14.1. The van der Waals surface area contributed by atoms with Crippen molar-refractivity contribution in [1.82, 2.24) is 5.32 Å². The lowest BCUT2D eigenvalue weighted by atomic mass is 9.79. The van der Waals surface area contributed by atoms with Gasteiger partial charge in [-0.25, -0.2) is 0 Å². The minimum Gasteiger partial charge on any atom is -0.374 e. The average Bonchev–Trinajstić information content (AvgIpc) is 2.91. The Hall–Kier alpha value is 0.510. The van der Waals surface area contributed by atoms with Gasteiger partial charge in [-0.3, -0.25) is 0 Å². The minimum absolute atomic E-state index is 0.132. The van der Waals surface area contributed by atoms with E-state index in [-0.39, 0.29) is 5.60 Å². The molecule has 116 valence electrons. The van der Waals surface area contributed by atoms with E-state index in [0.717, 1.165) is 30.2 Å². The van der Waals surface area contributed by atoms with Crippen molar-refractivity contribution >= 4 is 46.0 Å². The molecule has 0 bridgehead atoms. The first-order valence-electron chi connectivity index (χ1n) is 7.47. The fourth-order valence-electron chi connectivity index (χ4n) is 3.61. The van der Waals surface area contributed by atoms with Crippen molar-refractivity contribution in [2.24, 2.45) is 5.92 Å². The predicted molar refractivity (Wildman–Crippen MR) is 99.3 cm³/mol. The molecule has 1 aromatic carbocycles. The highest BCUT2D eigenvalue weighted by atomic mass is 127. The Kier molecular flexibility index (Phi) is 5.42. The molecule has 21 heavy (non-hydrogen) atoms. The second-order valence-corrected chi connectivity index (χ2v) is 8.72. The molecule has 3 unspecified atom stereocenters. The first kappa shape index (κ1) is 16.4. The van der Waals surface area contributed by atoms with Crippen molar-refractivity contribution in [1.29, 1.82) is 0 Å². The van der Waals surface area contributed by atoms with Gasteiger partial charge in [0.1, 0.15) is 0 Å². The largest absolute Gasteiger partial charge is 0.374 e. The zero-order chi connectivity index (χ0) is 14.9. The van der Waals surface area contributed by atoms with E-state index < -0.39 is 0 Å². The van der Waals surface area contributed by atoms with Crippen molar-refractivity contribution in [3.63, 3.8) is 0 Å². The molecule has 5 heteroatoms. The Balaban J connectivity index is 1.84. The van der Waals surface area contributed by atoms with Gasteiger partial charge in [-0.2, -0.15) is 11.8 Å². The first-order chi connectivity index (χ1) is 10.1. The maximum Gasteiger partial charge on any atom is 0.0783 e. The van der Waals surface area contributed by atoms with Crippen LogP contribution in [0.4, 0.5) is 0 Å². The van der Waals surface area contributed by atoms with E-state index in [4.69, 9.17) is 16.3 Å². The van der Waals surface area contributed by atoms with E-state index in [9.17, 15) is 0 Å². The van der Waals surface area contributed by atoms with E-state index in [1.165, 1.54) is 21.3 Å². The molecule has 0 saturated carbocycles. The summed E-state index contributed by atoms with van der Waals surface area (Å²) < 4.78 is 7.45. The smallest absolute Gasteiger partial charge is 0.0783 e. The normalized spacial score (nSPS) is 30.7. The predicted octanol–water partition coefficient (Wildman–Crippen LogP) is 4.51. The fourth-order valence-corrected chi connectivity index (χ4v) is 5.84. The van der Waals surface area contributed by atoms with E-state index in [0.29, 0.717) is 12.0 Å². The SMILES string of the molecule is CNC(c1cc(Cl)ccc1I)C1CCOC2(CCSC2)C1. The van der Waals surface area contributed by atoms with Crippen LogP contribution in [0.1, 0.15) is 30.9 Å². The maximum absolute atomic E-state index is 6.22. The van der Waals surface area contributed by atoms with Crippen LogP contribution in [0.25, 0.3) is 0 Å². The summed E-state index contributed by atoms with van der Waals surface area (Å²) in [5, 5.41) is 4.36. The monoisotopic (exact) mass is 437 g/mol. The molecule has 0 aliphatic carbocycles. The second-order valence-electron chi connectivity index (χ2n) is 6.02. The van der Waals surface area contributed by atoms with Crippen LogP contribution >= 0.6 is 46.0 Å². The summed E-state index contributed by atoms with van der Waals surface area (Å²) in [6.45, 7) is 0.889. The molecule has 0 aromatic heterocycles. The number of thioether (sulfide) groups is 1. The van der Waals surface area contributed by atoms with Crippen LogP contribution in [0, 0.1) is 9.49 Å². The molecule has 2 heterocycles.